The molecule has 0 aliphatic heterocycles. The van der Waals surface area contributed by atoms with Crippen LogP contribution >= 0.6 is 11.6 Å². The number of halogens is 1. The largest absolute Gasteiger partial charge is 0.293 e. The van der Waals surface area contributed by atoms with Crippen LogP contribution in [0.4, 0.5) is 0 Å². The van der Waals surface area contributed by atoms with Gasteiger partial charge in [0, 0.05) is 17.5 Å². The number of pyridine rings is 1. The quantitative estimate of drug-likeness (QED) is 0.499. The van der Waals surface area contributed by atoms with E-state index in [0.29, 0.717) is 5.56 Å². The number of ketones is 1. The number of nitrogens with zero attached hydrogens (tertiary/aromatic N) is 1. The number of aryl methyl sites for hydroxylation is 1. The molecule has 0 aliphatic carbocycles. The molecule has 0 saturated carbocycles. The van der Waals surface area contributed by atoms with E-state index in [1.54, 1.807) is 18.3 Å². The molecule has 0 amide bonds. The van der Waals surface area contributed by atoms with Crippen molar-refractivity contribution in [1.29, 1.82) is 0 Å². The van der Waals surface area contributed by atoms with Gasteiger partial charge in [-0.25, -0.2) is 0 Å². The van der Waals surface area contributed by atoms with Crippen molar-refractivity contribution < 1.29 is 4.79 Å². The summed E-state index contributed by atoms with van der Waals surface area (Å²) in [6.07, 6.45) is 1.54. The molecule has 0 spiro atoms. The Morgan fingerprint density at radius 3 is 2.82 bits per heavy atom. The second-order valence-corrected chi connectivity index (χ2v) is 2.51. The van der Waals surface area contributed by atoms with E-state index >= 15 is 0 Å². The van der Waals surface area contributed by atoms with Crippen molar-refractivity contribution in [1.82, 2.24) is 4.98 Å². The van der Waals surface area contributed by atoms with Gasteiger partial charge in [0.05, 0.1) is 5.88 Å². The summed E-state index contributed by atoms with van der Waals surface area (Å²) >= 11 is 5.35. The van der Waals surface area contributed by atoms with E-state index in [2.05, 4.69) is 4.98 Å². The van der Waals surface area contributed by atoms with Gasteiger partial charge < -0.3 is 0 Å². The van der Waals surface area contributed by atoms with Crippen molar-refractivity contribution in [3.63, 3.8) is 0 Å². The lowest BCUT2D eigenvalue weighted by Crippen LogP contribution is -2.00. The first-order valence-electron chi connectivity index (χ1n) is 3.26. The number of rotatable bonds is 2. The Morgan fingerprint density at radius 1 is 1.64 bits per heavy atom. The normalized spacial score (nSPS) is 9.64. The molecular formula is C8H8ClNO. The van der Waals surface area contributed by atoms with Gasteiger partial charge in [0.2, 0.25) is 0 Å². The molecule has 0 unspecified atom stereocenters. The van der Waals surface area contributed by atoms with E-state index in [-0.39, 0.29) is 11.7 Å². The molecule has 1 aromatic heterocycles. The summed E-state index contributed by atoms with van der Waals surface area (Å²) < 4.78 is 0. The molecule has 1 heterocycles. The second-order valence-electron chi connectivity index (χ2n) is 2.25. The Labute approximate surface area is 70.2 Å². The number of aromatic nitrogens is 1. The van der Waals surface area contributed by atoms with Gasteiger partial charge in [-0.3, -0.25) is 9.78 Å². The summed E-state index contributed by atoms with van der Waals surface area (Å²) in [4.78, 5) is 14.9. The van der Waals surface area contributed by atoms with E-state index in [1.807, 2.05) is 6.92 Å². The molecule has 0 aromatic carbocycles. The molecule has 0 saturated heterocycles. The molecule has 2 nitrogen and oxygen atoms in total. The molecule has 0 atom stereocenters. The van der Waals surface area contributed by atoms with Crippen LogP contribution in [0.3, 0.4) is 0 Å². The average molecular weight is 170 g/mol. The maximum atomic E-state index is 11.0. The number of hydrogen-bond donors (Lipinski definition) is 0. The SMILES string of the molecule is Cc1ccc(C(=O)CCl)cn1. The molecule has 3 heteroatoms. The molecule has 1 aromatic rings. The van der Waals surface area contributed by atoms with Gasteiger partial charge in [0.1, 0.15) is 0 Å². The van der Waals surface area contributed by atoms with Crippen LogP contribution in [-0.4, -0.2) is 16.6 Å². The van der Waals surface area contributed by atoms with Gasteiger partial charge in [0.25, 0.3) is 0 Å². The fraction of sp³-hybridized carbons (Fsp3) is 0.250. The Kier molecular flexibility index (Phi) is 2.60. The van der Waals surface area contributed by atoms with Crippen molar-refractivity contribution in [3.8, 4) is 0 Å². The second kappa shape index (κ2) is 3.49. The number of Topliss-reactive ketones (excluding diaryl/α,β-unsaturated/α-hetero) is 1. The van der Waals surface area contributed by atoms with Crippen LogP contribution in [0.25, 0.3) is 0 Å². The minimum Gasteiger partial charge on any atom is -0.293 e. The number of carbonyl (C=O) groups excluding carboxylic acids is 1. The summed E-state index contributed by atoms with van der Waals surface area (Å²) in [5.41, 5.74) is 1.47. The third kappa shape index (κ3) is 2.02. The van der Waals surface area contributed by atoms with Gasteiger partial charge in [-0.2, -0.15) is 0 Å². The first-order valence-corrected chi connectivity index (χ1v) is 3.79. The molecule has 0 fully saturated rings. The van der Waals surface area contributed by atoms with Gasteiger partial charge in [-0.1, -0.05) is 0 Å². The number of hydrogen-bond acceptors (Lipinski definition) is 2. The molecule has 11 heavy (non-hydrogen) atoms. The highest BCUT2D eigenvalue weighted by Crippen LogP contribution is 2.01. The fourth-order valence-corrected chi connectivity index (χ4v) is 0.864. The van der Waals surface area contributed by atoms with Gasteiger partial charge in [0.15, 0.2) is 5.78 Å². The zero-order chi connectivity index (χ0) is 8.27. The highest BCUT2D eigenvalue weighted by molar-refractivity contribution is 6.30. The highest BCUT2D eigenvalue weighted by atomic mass is 35.5. The fourth-order valence-electron chi connectivity index (χ4n) is 0.710. The standard InChI is InChI=1S/C8H8ClNO/c1-6-2-3-7(5-10-6)8(11)4-9/h2-3,5H,4H2,1H3. The Balaban J connectivity index is 2.90. The smallest absolute Gasteiger partial charge is 0.179 e. The third-order valence-electron chi connectivity index (χ3n) is 1.35. The predicted octanol–water partition coefficient (Wildman–Crippen LogP) is 1.81. The topological polar surface area (TPSA) is 30.0 Å². The molecule has 58 valence electrons. The first kappa shape index (κ1) is 8.21. The maximum absolute atomic E-state index is 11.0. The van der Waals surface area contributed by atoms with Crippen LogP contribution in [0, 0.1) is 6.92 Å². The Morgan fingerprint density at radius 2 is 2.36 bits per heavy atom. The lowest BCUT2D eigenvalue weighted by atomic mass is 10.2. The lowest BCUT2D eigenvalue weighted by molar-refractivity contribution is 0.102. The van der Waals surface area contributed by atoms with Crippen molar-refractivity contribution in [3.05, 3.63) is 29.6 Å². The predicted molar refractivity (Wildman–Crippen MR) is 44.0 cm³/mol. The van der Waals surface area contributed by atoms with Crippen LogP contribution in [-0.2, 0) is 0 Å². The van der Waals surface area contributed by atoms with Gasteiger partial charge in [-0.15, -0.1) is 11.6 Å². The van der Waals surface area contributed by atoms with Crippen molar-refractivity contribution in [2.45, 2.75) is 6.92 Å². The number of carbonyl (C=O) groups is 1. The molecule has 1 rings (SSSR count). The van der Waals surface area contributed by atoms with E-state index in [4.69, 9.17) is 11.6 Å². The first-order chi connectivity index (χ1) is 5.24. The van der Waals surface area contributed by atoms with E-state index in [9.17, 15) is 4.79 Å². The zero-order valence-corrected chi connectivity index (χ0v) is 6.93. The zero-order valence-electron chi connectivity index (χ0n) is 6.17. The maximum Gasteiger partial charge on any atom is 0.179 e. The summed E-state index contributed by atoms with van der Waals surface area (Å²) in [6, 6.07) is 3.52. The van der Waals surface area contributed by atoms with Crippen molar-refractivity contribution in [2.24, 2.45) is 0 Å². The van der Waals surface area contributed by atoms with Crippen molar-refractivity contribution in [2.75, 3.05) is 5.88 Å². The van der Waals surface area contributed by atoms with Crippen LogP contribution in [0.2, 0.25) is 0 Å². The van der Waals surface area contributed by atoms with Crippen LogP contribution in [0.15, 0.2) is 18.3 Å². The summed E-state index contributed by atoms with van der Waals surface area (Å²) in [5.74, 6) is -0.0655. The van der Waals surface area contributed by atoms with E-state index in [0.717, 1.165) is 5.69 Å². The van der Waals surface area contributed by atoms with Crippen LogP contribution < -0.4 is 0 Å². The molecule has 0 radical (unpaired) electrons. The van der Waals surface area contributed by atoms with E-state index < -0.39 is 0 Å². The third-order valence-corrected chi connectivity index (χ3v) is 1.60. The summed E-state index contributed by atoms with van der Waals surface area (Å²) in [7, 11) is 0. The van der Waals surface area contributed by atoms with Crippen LogP contribution in [0.1, 0.15) is 16.1 Å². The molecule has 0 aliphatic rings. The molecule has 0 bridgehead atoms. The van der Waals surface area contributed by atoms with Gasteiger partial charge in [-0.05, 0) is 19.1 Å². The number of alkyl halides is 1. The monoisotopic (exact) mass is 169 g/mol. The average Bonchev–Trinajstić information content (AvgIpc) is 2.05. The molecule has 0 N–H and O–H groups in total. The minimum atomic E-state index is -0.0841. The van der Waals surface area contributed by atoms with E-state index in [1.165, 1.54) is 0 Å². The summed E-state index contributed by atoms with van der Waals surface area (Å²) in [6.45, 7) is 1.87. The highest BCUT2D eigenvalue weighted by Gasteiger charge is 2.02. The molecular weight excluding hydrogens is 162 g/mol. The lowest BCUT2D eigenvalue weighted by Gasteiger charge is -1.95. The Hall–Kier alpha value is -0.890. The van der Waals surface area contributed by atoms with Crippen LogP contribution in [0.5, 0.6) is 0 Å². The summed E-state index contributed by atoms with van der Waals surface area (Å²) in [5, 5.41) is 0. The Bertz CT molecular complexity index is 255. The van der Waals surface area contributed by atoms with Crippen molar-refractivity contribution >= 4 is 17.4 Å². The van der Waals surface area contributed by atoms with Gasteiger partial charge >= 0.3 is 0 Å². The minimum absolute atomic E-state index is 0.0186.